The third-order valence-corrected chi connectivity index (χ3v) is 3.97. The van der Waals surface area contributed by atoms with Crippen molar-refractivity contribution in [2.75, 3.05) is 5.32 Å². The highest BCUT2D eigenvalue weighted by atomic mass is 19.4. The highest BCUT2D eigenvalue weighted by Gasteiger charge is 2.33. The number of nitrogens with one attached hydrogen (secondary N) is 1. The summed E-state index contributed by atoms with van der Waals surface area (Å²) in [5, 5.41) is 18.6. The lowest BCUT2D eigenvalue weighted by Crippen LogP contribution is -2.27. The minimum Gasteiger partial charge on any atom is -0.465 e. The van der Waals surface area contributed by atoms with Gasteiger partial charge < -0.3 is 5.11 Å². The average Bonchev–Trinajstić information content (AvgIpc) is 2.59. The molecule has 1 heterocycles. The van der Waals surface area contributed by atoms with Crippen molar-refractivity contribution >= 4 is 22.7 Å². The Morgan fingerprint density at radius 2 is 1.93 bits per heavy atom. The molecule has 0 bridgehead atoms. The summed E-state index contributed by atoms with van der Waals surface area (Å²) in [4.78, 5) is 23.8. The van der Waals surface area contributed by atoms with Crippen molar-refractivity contribution in [1.82, 2.24) is 15.0 Å². The van der Waals surface area contributed by atoms with Gasteiger partial charge in [-0.3, -0.25) is 10.1 Å². The second-order valence-electron chi connectivity index (χ2n) is 5.79. The van der Waals surface area contributed by atoms with Gasteiger partial charge >= 0.3 is 12.3 Å². The van der Waals surface area contributed by atoms with E-state index < -0.39 is 29.9 Å². The minimum atomic E-state index is -4.59. The smallest absolute Gasteiger partial charge is 0.416 e. The second kappa shape index (κ2) is 6.71. The molecule has 0 saturated carbocycles. The van der Waals surface area contributed by atoms with Crippen molar-refractivity contribution in [1.29, 1.82) is 0 Å². The summed E-state index contributed by atoms with van der Waals surface area (Å²) in [5.74, 6) is 0. The molecule has 3 aromatic rings. The molecule has 0 aliphatic rings. The van der Waals surface area contributed by atoms with Crippen molar-refractivity contribution < 1.29 is 23.1 Å². The fourth-order valence-electron chi connectivity index (χ4n) is 2.73. The third-order valence-electron chi connectivity index (χ3n) is 3.97. The molecular formula is C17H13F3N4O3. The van der Waals surface area contributed by atoms with Gasteiger partial charge in [-0.15, -0.1) is 5.10 Å². The summed E-state index contributed by atoms with van der Waals surface area (Å²) >= 11 is 0. The third kappa shape index (κ3) is 3.59. The zero-order chi connectivity index (χ0) is 19.8. The predicted molar refractivity (Wildman–Crippen MR) is 90.7 cm³/mol. The molecule has 140 valence electrons. The maximum Gasteiger partial charge on any atom is 0.416 e. The van der Waals surface area contributed by atoms with Crippen LogP contribution in [0.25, 0.3) is 10.9 Å². The van der Waals surface area contributed by atoms with Gasteiger partial charge in [0.2, 0.25) is 0 Å². The molecule has 7 nitrogen and oxygen atoms in total. The SMILES string of the molecule is Cc1ccc(NC(=O)O)c2c(=O)n(Cc3ccccc3C(F)(F)F)nnc12. The summed E-state index contributed by atoms with van der Waals surface area (Å²) < 4.78 is 40.3. The topological polar surface area (TPSA) is 97.1 Å². The van der Waals surface area contributed by atoms with Gasteiger partial charge in [0.05, 0.1) is 23.2 Å². The molecule has 1 amide bonds. The first-order valence-corrected chi connectivity index (χ1v) is 7.70. The molecule has 0 unspecified atom stereocenters. The van der Waals surface area contributed by atoms with Crippen LogP contribution in [0.5, 0.6) is 0 Å². The van der Waals surface area contributed by atoms with Gasteiger partial charge in [0, 0.05) is 0 Å². The van der Waals surface area contributed by atoms with E-state index in [0.717, 1.165) is 10.7 Å². The Balaban J connectivity index is 2.17. The van der Waals surface area contributed by atoms with Gasteiger partial charge in [-0.25, -0.2) is 9.48 Å². The molecule has 2 aromatic carbocycles. The highest BCUT2D eigenvalue weighted by Crippen LogP contribution is 2.32. The quantitative estimate of drug-likeness (QED) is 0.729. The standard InChI is InChI=1S/C17H13F3N4O3/c1-9-6-7-12(21-16(26)27)13-14(9)22-23-24(15(13)25)8-10-4-2-3-5-11(10)17(18,19)20/h2-7,21H,8H2,1H3,(H,26,27). The molecule has 0 aliphatic carbocycles. The molecule has 0 atom stereocenters. The number of alkyl halides is 3. The summed E-state index contributed by atoms with van der Waals surface area (Å²) in [7, 11) is 0. The molecule has 2 N–H and O–H groups in total. The van der Waals surface area contributed by atoms with E-state index in [-0.39, 0.29) is 22.2 Å². The van der Waals surface area contributed by atoms with E-state index in [1.165, 1.54) is 24.3 Å². The summed E-state index contributed by atoms with van der Waals surface area (Å²) in [6, 6.07) is 7.78. The molecule has 0 aliphatic heterocycles. The zero-order valence-corrected chi connectivity index (χ0v) is 13.9. The van der Waals surface area contributed by atoms with E-state index in [2.05, 4.69) is 15.6 Å². The Labute approximate surface area is 150 Å². The first-order valence-electron chi connectivity index (χ1n) is 7.70. The largest absolute Gasteiger partial charge is 0.465 e. The molecule has 10 heteroatoms. The average molecular weight is 378 g/mol. The fourth-order valence-corrected chi connectivity index (χ4v) is 2.73. The maximum absolute atomic E-state index is 13.2. The first-order chi connectivity index (χ1) is 12.7. The molecule has 3 rings (SSSR count). The van der Waals surface area contributed by atoms with Crippen LogP contribution >= 0.6 is 0 Å². The number of carboxylic acid groups (broad SMARTS) is 1. The molecule has 0 saturated heterocycles. The molecule has 0 fully saturated rings. The fraction of sp³-hybridized carbons (Fsp3) is 0.176. The van der Waals surface area contributed by atoms with E-state index in [9.17, 15) is 22.8 Å². The highest BCUT2D eigenvalue weighted by molar-refractivity contribution is 5.98. The number of fused-ring (bicyclic) bond motifs is 1. The van der Waals surface area contributed by atoms with E-state index >= 15 is 0 Å². The molecule has 27 heavy (non-hydrogen) atoms. The summed E-state index contributed by atoms with van der Waals surface area (Å²) in [6.45, 7) is 1.20. The Kier molecular flexibility index (Phi) is 4.56. The lowest BCUT2D eigenvalue weighted by Gasteiger charge is -2.14. The van der Waals surface area contributed by atoms with Gasteiger partial charge in [-0.1, -0.05) is 29.5 Å². The van der Waals surface area contributed by atoms with Crippen LogP contribution in [-0.4, -0.2) is 26.2 Å². The van der Waals surface area contributed by atoms with Crippen molar-refractivity contribution in [3.05, 3.63) is 63.4 Å². The van der Waals surface area contributed by atoms with Gasteiger partial charge in [-0.05, 0) is 30.2 Å². The van der Waals surface area contributed by atoms with Crippen molar-refractivity contribution in [2.45, 2.75) is 19.6 Å². The number of amides is 1. The van der Waals surface area contributed by atoms with Crippen molar-refractivity contribution in [2.24, 2.45) is 0 Å². The Bertz CT molecular complexity index is 1090. The predicted octanol–water partition coefficient (Wildman–Crippen LogP) is 3.26. The number of hydrogen-bond donors (Lipinski definition) is 2. The van der Waals surface area contributed by atoms with Crippen molar-refractivity contribution in [3.8, 4) is 0 Å². The van der Waals surface area contributed by atoms with Crippen LogP contribution < -0.4 is 10.9 Å². The number of aryl methyl sites for hydroxylation is 1. The Morgan fingerprint density at radius 3 is 2.59 bits per heavy atom. The van der Waals surface area contributed by atoms with E-state index in [1.807, 2.05) is 0 Å². The van der Waals surface area contributed by atoms with Crippen LogP contribution in [0, 0.1) is 6.92 Å². The number of nitrogens with zero attached hydrogens (tertiary/aromatic N) is 3. The lowest BCUT2D eigenvalue weighted by molar-refractivity contribution is -0.138. The van der Waals surface area contributed by atoms with E-state index in [4.69, 9.17) is 5.11 Å². The Hall–Kier alpha value is -3.43. The van der Waals surface area contributed by atoms with Crippen LogP contribution in [0.15, 0.2) is 41.2 Å². The lowest BCUT2D eigenvalue weighted by atomic mass is 10.1. The number of halogens is 3. The summed E-state index contributed by atoms with van der Waals surface area (Å²) in [6.07, 6.45) is -5.97. The number of rotatable bonds is 3. The number of aromatic nitrogens is 3. The normalized spacial score (nSPS) is 11.6. The van der Waals surface area contributed by atoms with Gasteiger partial charge in [0.15, 0.2) is 0 Å². The Morgan fingerprint density at radius 1 is 1.22 bits per heavy atom. The van der Waals surface area contributed by atoms with Crippen LogP contribution in [0.3, 0.4) is 0 Å². The van der Waals surface area contributed by atoms with Crippen LogP contribution in [-0.2, 0) is 12.7 Å². The van der Waals surface area contributed by atoms with Gasteiger partial charge in [-0.2, -0.15) is 13.2 Å². The molecule has 1 aromatic heterocycles. The van der Waals surface area contributed by atoms with Crippen LogP contribution in [0.2, 0.25) is 0 Å². The van der Waals surface area contributed by atoms with Crippen LogP contribution in [0.1, 0.15) is 16.7 Å². The monoisotopic (exact) mass is 378 g/mol. The van der Waals surface area contributed by atoms with Gasteiger partial charge in [0.1, 0.15) is 5.52 Å². The van der Waals surface area contributed by atoms with Gasteiger partial charge in [0.25, 0.3) is 5.56 Å². The number of anilines is 1. The summed E-state index contributed by atoms with van der Waals surface area (Å²) in [5.41, 5.74) is -1.04. The first kappa shape index (κ1) is 18.4. The molecular weight excluding hydrogens is 365 g/mol. The maximum atomic E-state index is 13.2. The zero-order valence-electron chi connectivity index (χ0n) is 13.9. The second-order valence-corrected chi connectivity index (χ2v) is 5.79. The van der Waals surface area contributed by atoms with Crippen molar-refractivity contribution in [3.63, 3.8) is 0 Å². The van der Waals surface area contributed by atoms with E-state index in [1.54, 1.807) is 13.0 Å². The number of benzene rings is 2. The van der Waals surface area contributed by atoms with E-state index in [0.29, 0.717) is 5.56 Å². The number of carbonyl (C=O) groups is 1. The number of hydrogen-bond acceptors (Lipinski definition) is 4. The molecule has 0 spiro atoms. The molecule has 0 radical (unpaired) electrons. The minimum absolute atomic E-state index is 0.0131. The van der Waals surface area contributed by atoms with Crippen LogP contribution in [0.4, 0.5) is 23.7 Å².